The maximum atomic E-state index is 13.5. The molecule has 8 heteroatoms. The van der Waals surface area contributed by atoms with Crippen molar-refractivity contribution in [1.82, 2.24) is 0 Å². The highest BCUT2D eigenvalue weighted by Gasteiger charge is 2.19. The highest BCUT2D eigenvalue weighted by Crippen LogP contribution is 2.36. The molecule has 1 aromatic heterocycles. The lowest BCUT2D eigenvalue weighted by molar-refractivity contribution is -0.991. The monoisotopic (exact) mass is 475 g/mol. The number of nitrogens with one attached hydrogen (secondary N) is 1. The Morgan fingerprint density at radius 3 is 2.49 bits per heavy atom. The number of benzene rings is 3. The van der Waals surface area contributed by atoms with Gasteiger partial charge in [0, 0.05) is 18.2 Å². The Balaban J connectivity index is 1.49. The molecule has 1 aliphatic heterocycles. The molecule has 0 bridgehead atoms. The molecule has 5 rings (SSSR count). The van der Waals surface area contributed by atoms with Crippen molar-refractivity contribution in [3.63, 3.8) is 0 Å². The molecule has 1 aliphatic rings. The predicted octanol–water partition coefficient (Wildman–Crippen LogP) is 4.08. The van der Waals surface area contributed by atoms with Gasteiger partial charge >= 0.3 is 0 Å². The maximum absolute atomic E-state index is 13.5. The van der Waals surface area contributed by atoms with Gasteiger partial charge in [0.05, 0.1) is 10.9 Å². The minimum atomic E-state index is -0.971. The van der Waals surface area contributed by atoms with Crippen molar-refractivity contribution in [2.45, 2.75) is 26.9 Å². The summed E-state index contributed by atoms with van der Waals surface area (Å²) in [4.78, 5) is 13.5. The molecule has 1 atom stereocenters. The van der Waals surface area contributed by atoms with Gasteiger partial charge in [0.2, 0.25) is 5.43 Å². The minimum Gasteiger partial charge on any atom is -0.595 e. The average Bonchev–Trinajstić information content (AvgIpc) is 2.87. The fourth-order valence-corrected chi connectivity index (χ4v) is 4.23. The van der Waals surface area contributed by atoms with Crippen molar-refractivity contribution in [1.29, 1.82) is 0 Å². The van der Waals surface area contributed by atoms with E-state index in [1.807, 2.05) is 31.2 Å². The van der Waals surface area contributed by atoms with E-state index in [0.717, 1.165) is 11.1 Å². The minimum absolute atomic E-state index is 0.120. The van der Waals surface area contributed by atoms with E-state index in [1.54, 1.807) is 37.3 Å². The molecule has 4 aromatic rings. The van der Waals surface area contributed by atoms with E-state index in [2.05, 4.69) is 0 Å². The lowest BCUT2D eigenvalue weighted by Crippen LogP contribution is -2.99. The summed E-state index contributed by atoms with van der Waals surface area (Å²) in [5.41, 5.74) is 3.47. The van der Waals surface area contributed by atoms with Crippen LogP contribution in [0, 0.1) is 12.1 Å². The highest BCUT2D eigenvalue weighted by molar-refractivity contribution is 5.85. The van der Waals surface area contributed by atoms with E-state index in [0.29, 0.717) is 64.7 Å². The van der Waals surface area contributed by atoms with Gasteiger partial charge in [-0.15, -0.1) is 0 Å². The van der Waals surface area contributed by atoms with Crippen molar-refractivity contribution in [2.75, 3.05) is 13.2 Å². The Labute approximate surface area is 201 Å². The quantitative estimate of drug-likeness (QED) is 0.405. The standard InChI is InChI=1S/C27H25NO7/c1-3-18-12-21-24(14-23(18)34-15-17-4-7-20(8-5-17)28(30)31)35-16(2)26(27(21)29)19-6-9-22-25(13-19)33-11-10-32-22/h4-9,12-14,28,30H,3,10-11,15H2,1-2H3. The zero-order valence-corrected chi connectivity index (χ0v) is 19.4. The van der Waals surface area contributed by atoms with Crippen LogP contribution in [-0.4, -0.2) is 18.4 Å². The zero-order valence-electron chi connectivity index (χ0n) is 19.4. The largest absolute Gasteiger partial charge is 0.595 e. The number of aryl methyl sites for hydroxylation is 2. The van der Waals surface area contributed by atoms with Crippen molar-refractivity contribution in [3.05, 3.63) is 86.9 Å². The third kappa shape index (κ3) is 4.46. The molecule has 180 valence electrons. The van der Waals surface area contributed by atoms with E-state index in [9.17, 15) is 10.0 Å². The molecular formula is C27H25NO7. The second kappa shape index (κ2) is 9.42. The first-order chi connectivity index (χ1) is 16.9. The molecule has 0 spiro atoms. The Hall–Kier alpha value is -3.85. The summed E-state index contributed by atoms with van der Waals surface area (Å²) >= 11 is 0. The van der Waals surface area contributed by atoms with Crippen LogP contribution in [0.4, 0.5) is 5.69 Å². The number of fused-ring (bicyclic) bond motifs is 2. The van der Waals surface area contributed by atoms with Crippen molar-refractivity contribution < 1.29 is 29.1 Å². The summed E-state index contributed by atoms with van der Waals surface area (Å²) in [7, 11) is 0. The van der Waals surface area contributed by atoms with Crippen molar-refractivity contribution >= 4 is 16.7 Å². The van der Waals surface area contributed by atoms with Gasteiger partial charge in [0.1, 0.15) is 36.9 Å². The SMILES string of the molecule is CCc1cc2c(=O)c(-c3ccc4c(c3)OCCO4)c(C)oc2cc1OCc1ccc([NH+]([O-])O)cc1. The second-order valence-corrected chi connectivity index (χ2v) is 8.32. The summed E-state index contributed by atoms with van der Waals surface area (Å²) in [6.07, 6.45) is 0.663. The molecule has 1 unspecified atom stereocenters. The number of hydrogen-bond donors (Lipinski definition) is 2. The first-order valence-corrected chi connectivity index (χ1v) is 11.4. The Morgan fingerprint density at radius 2 is 1.77 bits per heavy atom. The topological polar surface area (TPSA) is 106 Å². The molecule has 0 amide bonds. The molecule has 2 N–H and O–H groups in total. The van der Waals surface area contributed by atoms with Gasteiger partial charge in [-0.1, -0.05) is 13.0 Å². The van der Waals surface area contributed by atoms with E-state index >= 15 is 0 Å². The van der Waals surface area contributed by atoms with Crippen LogP contribution in [0.2, 0.25) is 0 Å². The van der Waals surface area contributed by atoms with Gasteiger partial charge in [0.15, 0.2) is 17.2 Å². The predicted molar refractivity (Wildman–Crippen MR) is 130 cm³/mol. The van der Waals surface area contributed by atoms with Gasteiger partial charge in [-0.2, -0.15) is 5.23 Å². The lowest BCUT2D eigenvalue weighted by atomic mass is 10.00. The van der Waals surface area contributed by atoms with Crippen molar-refractivity contribution in [2.24, 2.45) is 0 Å². The third-order valence-corrected chi connectivity index (χ3v) is 6.06. The fraction of sp³-hybridized carbons (Fsp3) is 0.222. The Bertz CT molecular complexity index is 1440. The molecule has 0 radical (unpaired) electrons. The van der Waals surface area contributed by atoms with Gasteiger partial charge < -0.3 is 23.8 Å². The van der Waals surface area contributed by atoms with Crippen LogP contribution in [0.25, 0.3) is 22.1 Å². The van der Waals surface area contributed by atoms with Crippen LogP contribution in [0.5, 0.6) is 17.2 Å². The van der Waals surface area contributed by atoms with Crippen LogP contribution in [0.1, 0.15) is 23.8 Å². The fourth-order valence-electron chi connectivity index (χ4n) is 4.23. The molecule has 0 fully saturated rings. The van der Waals surface area contributed by atoms with E-state index in [4.69, 9.17) is 23.8 Å². The first kappa shape index (κ1) is 22.9. The van der Waals surface area contributed by atoms with Gasteiger partial charge in [0.25, 0.3) is 0 Å². The summed E-state index contributed by atoms with van der Waals surface area (Å²) in [6, 6.07) is 15.6. The Kier molecular flexibility index (Phi) is 6.17. The molecule has 2 heterocycles. The summed E-state index contributed by atoms with van der Waals surface area (Å²) in [5.74, 6) is 2.40. The lowest BCUT2D eigenvalue weighted by Gasteiger charge is -2.19. The second-order valence-electron chi connectivity index (χ2n) is 8.32. The van der Waals surface area contributed by atoms with Gasteiger partial charge in [-0.05, 0) is 60.4 Å². The molecule has 3 aromatic carbocycles. The highest BCUT2D eigenvalue weighted by atomic mass is 16.8. The van der Waals surface area contributed by atoms with Gasteiger partial charge in [-0.25, -0.2) is 5.21 Å². The van der Waals surface area contributed by atoms with E-state index in [-0.39, 0.29) is 17.7 Å². The number of hydrogen-bond acceptors (Lipinski definition) is 7. The van der Waals surface area contributed by atoms with Crippen molar-refractivity contribution in [3.8, 4) is 28.4 Å². The smallest absolute Gasteiger partial charge is 0.200 e. The van der Waals surface area contributed by atoms with E-state index < -0.39 is 5.23 Å². The van der Waals surface area contributed by atoms with Gasteiger partial charge in [-0.3, -0.25) is 4.79 Å². The van der Waals surface area contributed by atoms with Crippen LogP contribution in [0.3, 0.4) is 0 Å². The zero-order chi connectivity index (χ0) is 24.5. The molecule has 0 aliphatic carbocycles. The summed E-state index contributed by atoms with van der Waals surface area (Å²) in [6.45, 7) is 4.99. The molecule has 0 saturated heterocycles. The van der Waals surface area contributed by atoms with Crippen LogP contribution >= 0.6 is 0 Å². The molecule has 8 nitrogen and oxygen atoms in total. The molecular weight excluding hydrogens is 450 g/mol. The summed E-state index contributed by atoms with van der Waals surface area (Å²) in [5, 5.41) is 19.6. The molecule has 35 heavy (non-hydrogen) atoms. The number of quaternary nitrogens is 1. The average molecular weight is 475 g/mol. The molecule has 0 saturated carbocycles. The first-order valence-electron chi connectivity index (χ1n) is 11.4. The maximum Gasteiger partial charge on any atom is 0.200 e. The number of ether oxygens (including phenoxy) is 3. The van der Waals surface area contributed by atoms with E-state index in [1.165, 1.54) is 0 Å². The summed E-state index contributed by atoms with van der Waals surface area (Å²) < 4.78 is 23.4. The van der Waals surface area contributed by atoms with Crippen LogP contribution < -0.4 is 24.9 Å². The number of rotatable bonds is 6. The van der Waals surface area contributed by atoms with Crippen LogP contribution in [-0.2, 0) is 13.0 Å². The normalized spacial score (nSPS) is 13.6. The third-order valence-electron chi connectivity index (χ3n) is 6.06. The van der Waals surface area contributed by atoms with Crippen LogP contribution in [0.15, 0.2) is 63.8 Å². The Morgan fingerprint density at radius 1 is 1.03 bits per heavy atom.